The van der Waals surface area contributed by atoms with E-state index in [4.69, 9.17) is 9.47 Å². The van der Waals surface area contributed by atoms with Gasteiger partial charge in [-0.25, -0.2) is 13.2 Å². The molecule has 184 valence electrons. The van der Waals surface area contributed by atoms with Crippen LogP contribution in [-0.4, -0.2) is 13.2 Å². The molecule has 0 heterocycles. The molecule has 0 aromatic heterocycles. The highest BCUT2D eigenvalue weighted by atomic mass is 19.2. The lowest BCUT2D eigenvalue weighted by atomic mass is 9.76. The average molecular weight is 473 g/mol. The molecule has 2 aromatic carbocycles. The molecule has 0 bridgehead atoms. The highest BCUT2D eigenvalue weighted by Gasteiger charge is 2.29. The van der Waals surface area contributed by atoms with E-state index < -0.39 is 17.5 Å². The van der Waals surface area contributed by atoms with Crippen molar-refractivity contribution < 1.29 is 22.6 Å². The first kappa shape index (κ1) is 24.7. The van der Waals surface area contributed by atoms with Gasteiger partial charge in [0.15, 0.2) is 23.2 Å². The van der Waals surface area contributed by atoms with Crippen molar-refractivity contribution in [2.45, 2.75) is 70.1 Å². The third-order valence-corrected chi connectivity index (χ3v) is 7.63. The van der Waals surface area contributed by atoms with Gasteiger partial charge in [-0.05, 0) is 85.5 Å². The van der Waals surface area contributed by atoms with Gasteiger partial charge in [-0.3, -0.25) is 0 Å². The second-order valence-corrected chi connectivity index (χ2v) is 10.0. The molecule has 0 aliphatic heterocycles. The van der Waals surface area contributed by atoms with Crippen molar-refractivity contribution in [2.24, 2.45) is 11.8 Å². The van der Waals surface area contributed by atoms with Crippen LogP contribution in [0.4, 0.5) is 13.2 Å². The van der Waals surface area contributed by atoms with Gasteiger partial charge in [0.2, 0.25) is 0 Å². The molecule has 2 fully saturated rings. The molecule has 4 rings (SSSR count). The third-order valence-electron chi connectivity index (χ3n) is 7.63. The van der Waals surface area contributed by atoms with E-state index in [2.05, 4.69) is 13.5 Å². The predicted molar refractivity (Wildman–Crippen MR) is 129 cm³/mol. The number of halogens is 3. The van der Waals surface area contributed by atoms with Crippen LogP contribution in [0.1, 0.15) is 81.3 Å². The van der Waals surface area contributed by atoms with Crippen molar-refractivity contribution in [3.8, 4) is 11.5 Å². The zero-order valence-electron chi connectivity index (χ0n) is 20.0. The Kier molecular flexibility index (Phi) is 8.23. The molecule has 2 aromatic rings. The van der Waals surface area contributed by atoms with Gasteiger partial charge in [-0.15, -0.1) is 0 Å². The fourth-order valence-corrected chi connectivity index (χ4v) is 5.47. The van der Waals surface area contributed by atoms with Crippen LogP contribution in [0.2, 0.25) is 0 Å². The predicted octanol–water partition coefficient (Wildman–Crippen LogP) is 8.32. The van der Waals surface area contributed by atoms with Crippen molar-refractivity contribution in [1.82, 2.24) is 0 Å². The number of hydrogen-bond donors (Lipinski definition) is 0. The molecule has 0 unspecified atom stereocenters. The Bertz CT molecular complexity index is 974. The van der Waals surface area contributed by atoms with E-state index in [1.165, 1.54) is 6.07 Å². The molecular formula is C29H35F3O2. The maximum atomic E-state index is 15.0. The minimum atomic E-state index is -0.656. The van der Waals surface area contributed by atoms with Crippen molar-refractivity contribution in [1.29, 1.82) is 0 Å². The average Bonchev–Trinajstić information content (AvgIpc) is 2.85. The van der Waals surface area contributed by atoms with Crippen LogP contribution in [0.25, 0.3) is 0 Å². The summed E-state index contributed by atoms with van der Waals surface area (Å²) in [5, 5.41) is 0. The summed E-state index contributed by atoms with van der Waals surface area (Å²) in [6, 6.07) is 8.21. The van der Waals surface area contributed by atoms with Crippen LogP contribution in [-0.2, 0) is 0 Å². The smallest absolute Gasteiger partial charge is 0.168 e. The number of benzene rings is 2. The lowest BCUT2D eigenvalue weighted by Crippen LogP contribution is -2.20. The van der Waals surface area contributed by atoms with E-state index in [0.717, 1.165) is 51.4 Å². The fraction of sp³-hybridized carbons (Fsp3) is 0.517. The normalized spacial score (nSPS) is 25.1. The van der Waals surface area contributed by atoms with Gasteiger partial charge in [-0.2, -0.15) is 0 Å². The Labute approximate surface area is 201 Å². The molecule has 0 radical (unpaired) electrons. The van der Waals surface area contributed by atoms with Gasteiger partial charge < -0.3 is 9.47 Å². The number of rotatable bonds is 8. The van der Waals surface area contributed by atoms with Crippen LogP contribution < -0.4 is 9.47 Å². The maximum absolute atomic E-state index is 15.0. The SMILES string of the molecule is C=CCOc1ccc(OCC2CCC(c3ccc(C4CCC(C)CC4)c(F)c3F)CC2)c(F)c1. The quantitative estimate of drug-likeness (QED) is 0.360. The van der Waals surface area contributed by atoms with E-state index in [9.17, 15) is 8.78 Å². The number of hydrogen-bond acceptors (Lipinski definition) is 2. The van der Waals surface area contributed by atoms with Crippen LogP contribution >= 0.6 is 0 Å². The highest BCUT2D eigenvalue weighted by molar-refractivity contribution is 5.34. The first-order valence-corrected chi connectivity index (χ1v) is 12.6. The summed E-state index contributed by atoms with van der Waals surface area (Å²) in [7, 11) is 0. The Morgan fingerprint density at radius 3 is 1.97 bits per heavy atom. The zero-order valence-corrected chi connectivity index (χ0v) is 20.0. The Morgan fingerprint density at radius 2 is 1.41 bits per heavy atom. The first-order valence-electron chi connectivity index (χ1n) is 12.6. The Balaban J connectivity index is 1.30. The molecule has 0 saturated heterocycles. The topological polar surface area (TPSA) is 18.5 Å². The Hall–Kier alpha value is -2.43. The van der Waals surface area contributed by atoms with Gasteiger partial charge in [0.1, 0.15) is 12.4 Å². The summed E-state index contributed by atoms with van der Waals surface area (Å²) in [5.74, 6) is -0.0219. The molecule has 0 N–H and O–H groups in total. The van der Waals surface area contributed by atoms with Gasteiger partial charge in [0.25, 0.3) is 0 Å². The van der Waals surface area contributed by atoms with Crippen LogP contribution in [0.15, 0.2) is 43.0 Å². The molecule has 34 heavy (non-hydrogen) atoms. The number of ether oxygens (including phenoxy) is 2. The van der Waals surface area contributed by atoms with Crippen LogP contribution in [0, 0.1) is 29.3 Å². The molecule has 2 aliphatic carbocycles. The summed E-state index contributed by atoms with van der Waals surface area (Å²) >= 11 is 0. The van der Waals surface area contributed by atoms with E-state index in [0.29, 0.717) is 36.0 Å². The minimum Gasteiger partial charge on any atom is -0.490 e. The second-order valence-electron chi connectivity index (χ2n) is 10.0. The Morgan fingerprint density at radius 1 is 0.824 bits per heavy atom. The largest absolute Gasteiger partial charge is 0.490 e. The van der Waals surface area contributed by atoms with Crippen molar-refractivity contribution in [3.63, 3.8) is 0 Å². The molecule has 2 aliphatic rings. The standard InChI is InChI=1S/C29H35F3O2/c1-3-16-33-23-12-15-27(26(30)17-23)34-18-20-6-10-22(11-7-20)25-14-13-24(28(31)29(25)32)21-8-4-19(2)5-9-21/h3,12-15,17,19-22H,1,4-11,16,18H2,2H3. The van der Waals surface area contributed by atoms with Crippen LogP contribution in [0.5, 0.6) is 11.5 Å². The second kappa shape index (κ2) is 11.3. The molecule has 0 spiro atoms. The van der Waals surface area contributed by atoms with Crippen LogP contribution in [0.3, 0.4) is 0 Å². The summed E-state index contributed by atoms with van der Waals surface area (Å²) in [6.45, 7) is 6.52. The summed E-state index contributed by atoms with van der Waals surface area (Å²) < 4.78 is 55.3. The summed E-state index contributed by atoms with van der Waals surface area (Å²) in [4.78, 5) is 0. The van der Waals surface area contributed by atoms with E-state index >= 15 is 4.39 Å². The minimum absolute atomic E-state index is 0.0178. The van der Waals surface area contributed by atoms with Crippen molar-refractivity contribution in [2.75, 3.05) is 13.2 Å². The van der Waals surface area contributed by atoms with Crippen molar-refractivity contribution >= 4 is 0 Å². The highest BCUT2D eigenvalue weighted by Crippen LogP contribution is 2.41. The lowest BCUT2D eigenvalue weighted by Gasteiger charge is -2.30. The molecule has 0 atom stereocenters. The first-order chi connectivity index (χ1) is 16.5. The molecular weight excluding hydrogens is 437 g/mol. The monoisotopic (exact) mass is 472 g/mol. The van der Waals surface area contributed by atoms with Crippen molar-refractivity contribution in [3.05, 3.63) is 71.6 Å². The van der Waals surface area contributed by atoms with E-state index in [-0.39, 0.29) is 23.5 Å². The summed E-state index contributed by atoms with van der Waals surface area (Å²) in [6.07, 6.45) is 8.88. The van der Waals surface area contributed by atoms with Gasteiger partial charge in [-0.1, -0.05) is 44.6 Å². The molecule has 2 saturated carbocycles. The van der Waals surface area contributed by atoms with Gasteiger partial charge >= 0.3 is 0 Å². The third kappa shape index (κ3) is 5.79. The zero-order chi connectivity index (χ0) is 24.1. The van der Waals surface area contributed by atoms with E-state index in [1.54, 1.807) is 18.2 Å². The maximum Gasteiger partial charge on any atom is 0.168 e. The van der Waals surface area contributed by atoms with E-state index in [1.807, 2.05) is 12.1 Å². The lowest BCUT2D eigenvalue weighted by molar-refractivity contribution is 0.193. The van der Waals surface area contributed by atoms with Gasteiger partial charge in [0.05, 0.1) is 6.61 Å². The molecule has 2 nitrogen and oxygen atoms in total. The molecule has 0 amide bonds. The van der Waals surface area contributed by atoms with Gasteiger partial charge in [0, 0.05) is 6.07 Å². The fourth-order valence-electron chi connectivity index (χ4n) is 5.47. The summed E-state index contributed by atoms with van der Waals surface area (Å²) in [5.41, 5.74) is 1.06. The molecule has 5 heteroatoms.